The van der Waals surface area contributed by atoms with Crippen molar-refractivity contribution < 1.29 is 4.74 Å². The Morgan fingerprint density at radius 3 is 2.28 bits per heavy atom. The van der Waals surface area contributed by atoms with Gasteiger partial charge in [0.15, 0.2) is 0 Å². The molecule has 0 saturated heterocycles. The van der Waals surface area contributed by atoms with Crippen LogP contribution in [-0.4, -0.2) is 7.11 Å². The monoisotopic (exact) mass is 242 g/mol. The zero-order valence-corrected chi connectivity index (χ0v) is 10.7. The van der Waals surface area contributed by atoms with Gasteiger partial charge in [-0.2, -0.15) is 0 Å². The first-order valence-electron chi connectivity index (χ1n) is 5.92. The Labute approximate surface area is 108 Å². The van der Waals surface area contributed by atoms with E-state index in [-0.39, 0.29) is 6.04 Å². The number of hydrogen-bond donors (Lipinski definition) is 2. The second kappa shape index (κ2) is 5.67. The molecule has 18 heavy (non-hydrogen) atoms. The zero-order valence-electron chi connectivity index (χ0n) is 10.7. The van der Waals surface area contributed by atoms with E-state index in [2.05, 4.69) is 24.5 Å². The topological polar surface area (TPSA) is 47.3 Å². The number of nitrogens with two attached hydrogens (primary N) is 1. The lowest BCUT2D eigenvalue weighted by Gasteiger charge is -2.19. The van der Waals surface area contributed by atoms with Crippen LogP contribution in [0.25, 0.3) is 0 Å². The number of hydrazine groups is 1. The normalized spacial score (nSPS) is 12.2. The van der Waals surface area contributed by atoms with Gasteiger partial charge in [-0.3, -0.25) is 5.84 Å². The van der Waals surface area contributed by atoms with Crippen molar-refractivity contribution in [3.63, 3.8) is 0 Å². The van der Waals surface area contributed by atoms with E-state index in [0.717, 1.165) is 11.3 Å². The van der Waals surface area contributed by atoms with Gasteiger partial charge in [-0.05, 0) is 35.7 Å². The molecule has 3 nitrogen and oxygen atoms in total. The molecule has 0 aromatic heterocycles. The molecule has 2 aromatic rings. The molecule has 0 saturated carbocycles. The van der Waals surface area contributed by atoms with Gasteiger partial charge in [0.1, 0.15) is 5.75 Å². The maximum Gasteiger partial charge on any atom is 0.118 e. The molecule has 2 aromatic carbocycles. The third kappa shape index (κ3) is 2.53. The number of ether oxygens (including phenoxy) is 1. The quantitative estimate of drug-likeness (QED) is 0.640. The smallest absolute Gasteiger partial charge is 0.118 e. The first-order valence-corrected chi connectivity index (χ1v) is 5.92. The highest BCUT2D eigenvalue weighted by molar-refractivity contribution is 5.38. The number of rotatable bonds is 4. The van der Waals surface area contributed by atoms with Crippen LogP contribution in [0.2, 0.25) is 0 Å². The average molecular weight is 242 g/mol. The van der Waals surface area contributed by atoms with Crippen molar-refractivity contribution in [2.75, 3.05) is 7.11 Å². The van der Waals surface area contributed by atoms with E-state index < -0.39 is 0 Å². The third-order valence-electron chi connectivity index (χ3n) is 3.12. The summed E-state index contributed by atoms with van der Waals surface area (Å²) in [7, 11) is 1.66. The van der Waals surface area contributed by atoms with Crippen LogP contribution in [0.5, 0.6) is 5.75 Å². The molecular weight excluding hydrogens is 224 g/mol. The maximum absolute atomic E-state index is 5.70. The van der Waals surface area contributed by atoms with E-state index in [1.807, 2.05) is 36.4 Å². The minimum absolute atomic E-state index is 0.00268. The highest BCUT2D eigenvalue weighted by Gasteiger charge is 2.13. The van der Waals surface area contributed by atoms with E-state index in [0.29, 0.717) is 0 Å². The largest absolute Gasteiger partial charge is 0.497 e. The molecule has 1 atom stereocenters. The summed E-state index contributed by atoms with van der Waals surface area (Å²) < 4.78 is 5.16. The van der Waals surface area contributed by atoms with Crippen LogP contribution in [0, 0.1) is 6.92 Å². The van der Waals surface area contributed by atoms with Crippen molar-refractivity contribution in [1.82, 2.24) is 5.43 Å². The summed E-state index contributed by atoms with van der Waals surface area (Å²) in [5.74, 6) is 6.54. The van der Waals surface area contributed by atoms with Gasteiger partial charge in [-0.25, -0.2) is 5.43 Å². The fourth-order valence-electron chi connectivity index (χ4n) is 2.07. The molecule has 0 aliphatic carbocycles. The zero-order chi connectivity index (χ0) is 13.0. The molecule has 0 spiro atoms. The van der Waals surface area contributed by atoms with Crippen LogP contribution in [-0.2, 0) is 0 Å². The predicted molar refractivity (Wildman–Crippen MR) is 73.3 cm³/mol. The van der Waals surface area contributed by atoms with E-state index >= 15 is 0 Å². The lowest BCUT2D eigenvalue weighted by atomic mass is 9.95. The summed E-state index contributed by atoms with van der Waals surface area (Å²) >= 11 is 0. The minimum Gasteiger partial charge on any atom is -0.497 e. The Hall–Kier alpha value is -1.84. The van der Waals surface area contributed by atoms with E-state index in [9.17, 15) is 0 Å². The Bertz CT molecular complexity index is 508. The highest BCUT2D eigenvalue weighted by Crippen LogP contribution is 2.25. The lowest BCUT2D eigenvalue weighted by molar-refractivity contribution is 0.414. The first-order chi connectivity index (χ1) is 8.76. The highest BCUT2D eigenvalue weighted by atomic mass is 16.5. The second-order valence-corrected chi connectivity index (χ2v) is 4.23. The molecule has 0 radical (unpaired) electrons. The minimum atomic E-state index is -0.00268. The number of nitrogens with one attached hydrogen (secondary N) is 1. The van der Waals surface area contributed by atoms with Gasteiger partial charge in [0, 0.05) is 0 Å². The summed E-state index contributed by atoms with van der Waals surface area (Å²) in [6, 6.07) is 16.2. The summed E-state index contributed by atoms with van der Waals surface area (Å²) in [6.45, 7) is 2.09. The van der Waals surface area contributed by atoms with Crippen molar-refractivity contribution in [3.8, 4) is 5.75 Å². The van der Waals surface area contributed by atoms with Crippen LogP contribution in [0.4, 0.5) is 0 Å². The van der Waals surface area contributed by atoms with Crippen molar-refractivity contribution in [1.29, 1.82) is 0 Å². The Balaban J connectivity index is 2.36. The Kier molecular flexibility index (Phi) is 3.97. The van der Waals surface area contributed by atoms with E-state index in [1.165, 1.54) is 11.1 Å². The molecule has 0 aliphatic rings. The van der Waals surface area contributed by atoms with Crippen LogP contribution in [0.3, 0.4) is 0 Å². The SMILES string of the molecule is COc1ccc(C(NN)c2ccccc2C)cc1. The molecule has 3 heteroatoms. The van der Waals surface area contributed by atoms with Gasteiger partial charge in [0.25, 0.3) is 0 Å². The first kappa shape index (κ1) is 12.6. The summed E-state index contributed by atoms with van der Waals surface area (Å²) in [5.41, 5.74) is 6.39. The van der Waals surface area contributed by atoms with Gasteiger partial charge in [-0.15, -0.1) is 0 Å². The van der Waals surface area contributed by atoms with Crippen molar-refractivity contribution >= 4 is 0 Å². The Morgan fingerprint density at radius 2 is 1.72 bits per heavy atom. The molecule has 0 bridgehead atoms. The second-order valence-electron chi connectivity index (χ2n) is 4.23. The molecule has 0 fully saturated rings. The summed E-state index contributed by atoms with van der Waals surface area (Å²) in [6.07, 6.45) is 0. The van der Waals surface area contributed by atoms with Gasteiger partial charge in [-0.1, -0.05) is 36.4 Å². The molecular formula is C15H18N2O. The average Bonchev–Trinajstić information content (AvgIpc) is 2.42. The van der Waals surface area contributed by atoms with Crippen molar-refractivity contribution in [2.45, 2.75) is 13.0 Å². The molecule has 0 heterocycles. The molecule has 3 N–H and O–H groups in total. The van der Waals surface area contributed by atoms with Gasteiger partial charge in [0.05, 0.1) is 13.2 Å². The Morgan fingerprint density at radius 1 is 1.06 bits per heavy atom. The molecule has 1 unspecified atom stereocenters. The molecule has 94 valence electrons. The fraction of sp³-hybridized carbons (Fsp3) is 0.200. The standard InChI is InChI=1S/C15H18N2O/c1-11-5-3-4-6-14(11)15(17-16)12-7-9-13(18-2)10-8-12/h3-10,15,17H,16H2,1-2H3. The van der Waals surface area contributed by atoms with Crippen molar-refractivity contribution in [3.05, 3.63) is 65.2 Å². The van der Waals surface area contributed by atoms with Crippen LogP contribution < -0.4 is 16.0 Å². The van der Waals surface area contributed by atoms with Crippen LogP contribution in [0.15, 0.2) is 48.5 Å². The fourth-order valence-corrected chi connectivity index (χ4v) is 2.07. The van der Waals surface area contributed by atoms with Gasteiger partial charge >= 0.3 is 0 Å². The number of methoxy groups -OCH3 is 1. The van der Waals surface area contributed by atoms with Gasteiger partial charge < -0.3 is 4.74 Å². The van der Waals surface area contributed by atoms with E-state index in [1.54, 1.807) is 7.11 Å². The number of aryl methyl sites for hydroxylation is 1. The summed E-state index contributed by atoms with van der Waals surface area (Å²) in [5, 5.41) is 0. The van der Waals surface area contributed by atoms with Crippen molar-refractivity contribution in [2.24, 2.45) is 5.84 Å². The third-order valence-corrected chi connectivity index (χ3v) is 3.12. The molecule has 0 aliphatic heterocycles. The molecule has 2 rings (SSSR count). The van der Waals surface area contributed by atoms with Gasteiger partial charge in [0.2, 0.25) is 0 Å². The number of benzene rings is 2. The predicted octanol–water partition coefficient (Wildman–Crippen LogP) is 2.56. The summed E-state index contributed by atoms with van der Waals surface area (Å²) in [4.78, 5) is 0. The molecule has 0 amide bonds. The van der Waals surface area contributed by atoms with Crippen LogP contribution in [0.1, 0.15) is 22.7 Å². The lowest BCUT2D eigenvalue weighted by Crippen LogP contribution is -2.29. The van der Waals surface area contributed by atoms with Crippen LogP contribution >= 0.6 is 0 Å². The number of hydrogen-bond acceptors (Lipinski definition) is 3. The maximum atomic E-state index is 5.70. The van der Waals surface area contributed by atoms with E-state index in [4.69, 9.17) is 10.6 Å².